The van der Waals surface area contributed by atoms with E-state index in [4.69, 9.17) is 4.74 Å². The standard InChI is InChI=1S/C19H21F2NO4S/c1-13-10-14(2)12-16(11-13)26-9-8-22(3)18(23)15-4-6-17(7-5-15)27(24,25)19(20)21/h4-7,10-12,19H,8-9H2,1-3H3. The highest BCUT2D eigenvalue weighted by Crippen LogP contribution is 2.19. The van der Waals surface area contributed by atoms with Gasteiger partial charge in [0.15, 0.2) is 0 Å². The first-order chi connectivity index (χ1) is 12.6. The van der Waals surface area contributed by atoms with Gasteiger partial charge < -0.3 is 9.64 Å². The van der Waals surface area contributed by atoms with Crippen molar-refractivity contribution in [2.24, 2.45) is 0 Å². The number of ether oxygens (including phenoxy) is 1. The highest BCUT2D eigenvalue weighted by Gasteiger charge is 2.26. The Labute approximate surface area is 157 Å². The number of carbonyl (C=O) groups excluding carboxylic acids is 1. The summed E-state index contributed by atoms with van der Waals surface area (Å²) in [5.74, 6) is -3.14. The Morgan fingerprint density at radius 2 is 1.63 bits per heavy atom. The SMILES string of the molecule is Cc1cc(C)cc(OCCN(C)C(=O)c2ccc(S(=O)(=O)C(F)F)cc2)c1. The number of carbonyl (C=O) groups is 1. The van der Waals surface area contributed by atoms with Crippen molar-refractivity contribution in [1.82, 2.24) is 4.90 Å². The van der Waals surface area contributed by atoms with Crippen LogP contribution in [0.2, 0.25) is 0 Å². The van der Waals surface area contributed by atoms with Gasteiger partial charge in [0, 0.05) is 12.6 Å². The van der Waals surface area contributed by atoms with Crippen molar-refractivity contribution in [2.75, 3.05) is 20.2 Å². The second-order valence-electron chi connectivity index (χ2n) is 6.23. The quantitative estimate of drug-likeness (QED) is 0.718. The maximum atomic E-state index is 12.5. The van der Waals surface area contributed by atoms with Gasteiger partial charge in [0.1, 0.15) is 12.4 Å². The van der Waals surface area contributed by atoms with Crippen LogP contribution < -0.4 is 4.74 Å². The van der Waals surface area contributed by atoms with Gasteiger partial charge in [-0.05, 0) is 61.4 Å². The van der Waals surface area contributed by atoms with E-state index in [-0.39, 0.29) is 18.1 Å². The van der Waals surface area contributed by atoms with Gasteiger partial charge in [-0.3, -0.25) is 4.79 Å². The molecule has 27 heavy (non-hydrogen) atoms. The van der Waals surface area contributed by atoms with Gasteiger partial charge in [0.05, 0.1) is 11.4 Å². The zero-order valence-corrected chi connectivity index (χ0v) is 16.1. The van der Waals surface area contributed by atoms with E-state index in [2.05, 4.69) is 0 Å². The summed E-state index contributed by atoms with van der Waals surface area (Å²) >= 11 is 0. The first kappa shape index (κ1) is 20.8. The van der Waals surface area contributed by atoms with E-state index in [0.717, 1.165) is 29.0 Å². The molecule has 1 amide bonds. The van der Waals surface area contributed by atoms with Crippen molar-refractivity contribution in [2.45, 2.75) is 24.5 Å². The first-order valence-electron chi connectivity index (χ1n) is 8.20. The summed E-state index contributed by atoms with van der Waals surface area (Å²) in [6, 6.07) is 10.3. The van der Waals surface area contributed by atoms with Crippen LogP contribution in [0.15, 0.2) is 47.4 Å². The number of hydrogen-bond donors (Lipinski definition) is 0. The molecule has 0 fully saturated rings. The number of amides is 1. The van der Waals surface area contributed by atoms with Crippen molar-refractivity contribution in [3.63, 3.8) is 0 Å². The maximum absolute atomic E-state index is 12.5. The number of benzene rings is 2. The Morgan fingerprint density at radius 3 is 2.15 bits per heavy atom. The normalized spacial score (nSPS) is 11.5. The van der Waals surface area contributed by atoms with Crippen LogP contribution in [0, 0.1) is 13.8 Å². The third-order valence-electron chi connectivity index (χ3n) is 3.90. The predicted octanol–water partition coefficient (Wildman–Crippen LogP) is 3.45. The molecule has 0 radical (unpaired) electrons. The van der Waals surface area contributed by atoms with E-state index < -0.39 is 20.5 Å². The molecule has 0 saturated heterocycles. The number of likely N-dealkylation sites (N-methyl/N-ethyl adjacent to an activating group) is 1. The number of alkyl halides is 2. The maximum Gasteiger partial charge on any atom is 0.341 e. The van der Waals surface area contributed by atoms with Crippen LogP contribution in [0.25, 0.3) is 0 Å². The van der Waals surface area contributed by atoms with E-state index in [9.17, 15) is 22.0 Å². The summed E-state index contributed by atoms with van der Waals surface area (Å²) in [5, 5.41) is 0. The molecule has 146 valence electrons. The minimum atomic E-state index is -4.67. The molecule has 0 aromatic heterocycles. The summed E-state index contributed by atoms with van der Waals surface area (Å²) in [5.41, 5.74) is 2.36. The molecule has 0 heterocycles. The number of aryl methyl sites for hydroxylation is 2. The molecule has 0 unspecified atom stereocenters. The average Bonchev–Trinajstić information content (AvgIpc) is 2.60. The molecular formula is C19H21F2NO4S. The zero-order chi connectivity index (χ0) is 20.2. The summed E-state index contributed by atoms with van der Waals surface area (Å²) < 4.78 is 53.6. The van der Waals surface area contributed by atoms with Gasteiger partial charge in [0.25, 0.3) is 5.91 Å². The van der Waals surface area contributed by atoms with Crippen molar-refractivity contribution in [3.8, 4) is 5.75 Å². The second kappa shape index (κ2) is 8.47. The van der Waals surface area contributed by atoms with Crippen molar-refractivity contribution >= 4 is 15.7 Å². The molecule has 5 nitrogen and oxygen atoms in total. The number of halogens is 2. The molecule has 0 aliphatic rings. The fourth-order valence-electron chi connectivity index (χ4n) is 2.53. The van der Waals surface area contributed by atoms with Crippen LogP contribution in [0.3, 0.4) is 0 Å². The molecule has 0 N–H and O–H groups in total. The van der Waals surface area contributed by atoms with Crippen molar-refractivity contribution < 1.29 is 26.7 Å². The molecule has 0 atom stereocenters. The van der Waals surface area contributed by atoms with Crippen molar-refractivity contribution in [3.05, 3.63) is 59.2 Å². The fraction of sp³-hybridized carbons (Fsp3) is 0.316. The summed E-state index contributed by atoms with van der Waals surface area (Å²) in [6.07, 6.45) is 0. The Hall–Kier alpha value is -2.48. The molecule has 2 aromatic carbocycles. The molecule has 0 aliphatic heterocycles. The van der Waals surface area contributed by atoms with Gasteiger partial charge in [-0.25, -0.2) is 8.42 Å². The molecule has 2 aromatic rings. The Kier molecular flexibility index (Phi) is 6.54. The highest BCUT2D eigenvalue weighted by molar-refractivity contribution is 7.91. The van der Waals surface area contributed by atoms with Crippen molar-refractivity contribution in [1.29, 1.82) is 0 Å². The lowest BCUT2D eigenvalue weighted by molar-refractivity contribution is 0.0773. The lowest BCUT2D eigenvalue weighted by atomic mass is 10.1. The first-order valence-corrected chi connectivity index (χ1v) is 9.74. The smallest absolute Gasteiger partial charge is 0.341 e. The van der Waals surface area contributed by atoms with Crippen LogP contribution >= 0.6 is 0 Å². The molecule has 8 heteroatoms. The largest absolute Gasteiger partial charge is 0.492 e. The van der Waals surface area contributed by atoms with E-state index >= 15 is 0 Å². The van der Waals surface area contributed by atoms with Gasteiger partial charge in [-0.2, -0.15) is 8.78 Å². The molecule has 0 saturated carbocycles. The van der Waals surface area contributed by atoms with E-state index in [1.54, 1.807) is 7.05 Å². The van der Waals surface area contributed by atoms with Gasteiger partial charge in [-0.15, -0.1) is 0 Å². The zero-order valence-electron chi connectivity index (χ0n) is 15.3. The van der Waals surface area contributed by atoms with Crippen LogP contribution in [-0.4, -0.2) is 45.2 Å². The van der Waals surface area contributed by atoms with Gasteiger partial charge >= 0.3 is 5.76 Å². The summed E-state index contributed by atoms with van der Waals surface area (Å²) in [6.45, 7) is 4.52. The summed E-state index contributed by atoms with van der Waals surface area (Å²) in [7, 11) is -3.09. The minimum absolute atomic E-state index is 0.206. The molecule has 0 spiro atoms. The number of nitrogens with zero attached hydrogens (tertiary/aromatic N) is 1. The third-order valence-corrected chi connectivity index (χ3v) is 5.30. The monoisotopic (exact) mass is 397 g/mol. The Morgan fingerprint density at radius 1 is 1.07 bits per heavy atom. The topological polar surface area (TPSA) is 63.7 Å². The summed E-state index contributed by atoms with van der Waals surface area (Å²) in [4.78, 5) is 13.3. The predicted molar refractivity (Wildman–Crippen MR) is 98.0 cm³/mol. The third kappa shape index (κ3) is 5.26. The van der Waals surface area contributed by atoms with E-state index in [0.29, 0.717) is 6.54 Å². The van der Waals surface area contributed by atoms with Crippen LogP contribution in [-0.2, 0) is 9.84 Å². The second-order valence-corrected chi connectivity index (χ2v) is 8.15. The molecule has 0 aliphatic carbocycles. The number of sulfone groups is 1. The van der Waals surface area contributed by atoms with Crippen LogP contribution in [0.4, 0.5) is 8.78 Å². The van der Waals surface area contributed by atoms with E-state index in [1.165, 1.54) is 17.0 Å². The molecular weight excluding hydrogens is 376 g/mol. The van der Waals surface area contributed by atoms with Crippen LogP contribution in [0.5, 0.6) is 5.75 Å². The van der Waals surface area contributed by atoms with Gasteiger partial charge in [0.2, 0.25) is 9.84 Å². The lowest BCUT2D eigenvalue weighted by Crippen LogP contribution is -2.30. The Balaban J connectivity index is 1.96. The van der Waals surface area contributed by atoms with Crippen LogP contribution in [0.1, 0.15) is 21.5 Å². The molecule has 2 rings (SSSR count). The molecule has 0 bridgehead atoms. The number of rotatable bonds is 7. The Bertz CT molecular complexity index is 892. The average molecular weight is 397 g/mol. The minimum Gasteiger partial charge on any atom is -0.492 e. The lowest BCUT2D eigenvalue weighted by Gasteiger charge is -2.18. The highest BCUT2D eigenvalue weighted by atomic mass is 32.2. The fourth-order valence-corrected chi connectivity index (χ4v) is 3.25. The van der Waals surface area contributed by atoms with E-state index in [1.807, 2.05) is 32.0 Å². The number of hydrogen-bond acceptors (Lipinski definition) is 4. The van der Waals surface area contributed by atoms with Gasteiger partial charge in [-0.1, -0.05) is 6.07 Å².